The molecular weight excluding hydrogens is 408 g/mol. The Labute approximate surface area is 177 Å². The fraction of sp³-hybridized carbons (Fsp3) is 0.450. The first-order valence-corrected chi connectivity index (χ1v) is 10.4. The average molecular weight is 435 g/mol. The van der Waals surface area contributed by atoms with Crippen LogP contribution in [0.25, 0.3) is 16.4 Å². The molecule has 2 aromatic heterocycles. The van der Waals surface area contributed by atoms with E-state index in [4.69, 9.17) is 20.6 Å². The summed E-state index contributed by atoms with van der Waals surface area (Å²) in [5.41, 5.74) is 12.0. The molecule has 1 atom stereocenters. The molecule has 0 radical (unpaired) electrons. The SMILES string of the molecule is CC(C)(C)CC(=O)NCCOC1C=Cc2c(sc3c(NC(N)=O)c(C(N)=O)oc23)C1. The van der Waals surface area contributed by atoms with Crippen molar-refractivity contribution in [3.63, 3.8) is 0 Å². The molecule has 162 valence electrons. The van der Waals surface area contributed by atoms with E-state index in [9.17, 15) is 14.4 Å². The van der Waals surface area contributed by atoms with E-state index >= 15 is 0 Å². The van der Waals surface area contributed by atoms with Crippen molar-refractivity contribution < 1.29 is 23.5 Å². The molecular formula is C20H26N4O5S. The summed E-state index contributed by atoms with van der Waals surface area (Å²) in [4.78, 5) is 35.8. The summed E-state index contributed by atoms with van der Waals surface area (Å²) in [6, 6.07) is -0.808. The molecule has 0 saturated carbocycles. The summed E-state index contributed by atoms with van der Waals surface area (Å²) in [7, 11) is 0. The second-order valence-electron chi connectivity index (χ2n) is 8.32. The zero-order valence-corrected chi connectivity index (χ0v) is 18.0. The van der Waals surface area contributed by atoms with E-state index in [0.29, 0.717) is 36.3 Å². The highest BCUT2D eigenvalue weighted by Gasteiger charge is 2.28. The molecule has 10 heteroatoms. The summed E-state index contributed by atoms with van der Waals surface area (Å²) in [5, 5.41) is 5.29. The minimum Gasteiger partial charge on any atom is -0.447 e. The maximum Gasteiger partial charge on any atom is 0.316 e. The van der Waals surface area contributed by atoms with Gasteiger partial charge in [-0.25, -0.2) is 4.79 Å². The van der Waals surface area contributed by atoms with Crippen LogP contribution >= 0.6 is 11.3 Å². The second-order valence-corrected chi connectivity index (χ2v) is 9.42. The third-order valence-corrected chi connectivity index (χ3v) is 5.64. The van der Waals surface area contributed by atoms with E-state index in [2.05, 4.69) is 10.6 Å². The molecule has 4 amide bonds. The van der Waals surface area contributed by atoms with Gasteiger partial charge in [-0.05, 0) is 5.41 Å². The second kappa shape index (κ2) is 8.49. The number of anilines is 1. The Hall–Kier alpha value is -2.85. The number of fused-ring (bicyclic) bond motifs is 3. The number of nitrogens with one attached hydrogen (secondary N) is 2. The van der Waals surface area contributed by atoms with Crippen LogP contribution in [0, 0.1) is 5.41 Å². The average Bonchev–Trinajstić information content (AvgIpc) is 3.13. The van der Waals surface area contributed by atoms with Crippen molar-refractivity contribution in [2.75, 3.05) is 18.5 Å². The predicted molar refractivity (Wildman–Crippen MR) is 115 cm³/mol. The van der Waals surface area contributed by atoms with E-state index in [1.807, 2.05) is 32.9 Å². The Morgan fingerprint density at radius 2 is 2.03 bits per heavy atom. The van der Waals surface area contributed by atoms with Crippen molar-refractivity contribution in [1.82, 2.24) is 5.32 Å². The minimum atomic E-state index is -0.808. The molecule has 1 aliphatic carbocycles. The van der Waals surface area contributed by atoms with Gasteiger partial charge in [0.2, 0.25) is 11.7 Å². The number of carbonyl (C=O) groups excluding carboxylic acids is 3. The molecule has 1 aliphatic rings. The zero-order chi connectivity index (χ0) is 22.1. The van der Waals surface area contributed by atoms with Crippen molar-refractivity contribution in [2.24, 2.45) is 16.9 Å². The number of amides is 4. The minimum absolute atomic E-state index is 0.00549. The smallest absolute Gasteiger partial charge is 0.316 e. The van der Waals surface area contributed by atoms with E-state index in [0.717, 1.165) is 10.4 Å². The van der Waals surface area contributed by atoms with Gasteiger partial charge >= 0.3 is 6.03 Å². The molecule has 9 nitrogen and oxygen atoms in total. The van der Waals surface area contributed by atoms with Gasteiger partial charge in [-0.1, -0.05) is 32.9 Å². The first-order valence-electron chi connectivity index (χ1n) is 9.56. The van der Waals surface area contributed by atoms with Gasteiger partial charge in [0.1, 0.15) is 5.69 Å². The molecule has 0 fully saturated rings. The third kappa shape index (κ3) is 5.00. The number of ether oxygens (including phenoxy) is 1. The molecule has 2 aromatic rings. The van der Waals surface area contributed by atoms with Gasteiger partial charge in [-0.15, -0.1) is 11.3 Å². The van der Waals surface area contributed by atoms with Gasteiger partial charge in [0, 0.05) is 29.8 Å². The number of furan rings is 1. The highest BCUT2D eigenvalue weighted by atomic mass is 32.1. The lowest BCUT2D eigenvalue weighted by molar-refractivity contribution is -0.123. The lowest BCUT2D eigenvalue weighted by Crippen LogP contribution is -2.31. The maximum absolute atomic E-state index is 11.9. The topological polar surface area (TPSA) is 150 Å². The fourth-order valence-electron chi connectivity index (χ4n) is 3.24. The molecule has 0 bridgehead atoms. The first-order chi connectivity index (χ1) is 14.0. The summed E-state index contributed by atoms with van der Waals surface area (Å²) >= 11 is 1.39. The number of thiophene rings is 1. The van der Waals surface area contributed by atoms with Crippen LogP contribution in [0.15, 0.2) is 10.5 Å². The fourth-order valence-corrected chi connectivity index (χ4v) is 4.49. The van der Waals surface area contributed by atoms with Crippen LogP contribution in [0.5, 0.6) is 0 Å². The van der Waals surface area contributed by atoms with Crippen molar-refractivity contribution in [3.05, 3.63) is 22.3 Å². The normalized spacial score (nSPS) is 15.8. The van der Waals surface area contributed by atoms with Crippen LogP contribution in [-0.2, 0) is 16.0 Å². The van der Waals surface area contributed by atoms with Gasteiger partial charge in [0.25, 0.3) is 5.91 Å². The predicted octanol–water partition coefficient (Wildman–Crippen LogP) is 2.59. The van der Waals surface area contributed by atoms with Gasteiger partial charge in [0.05, 0.1) is 17.4 Å². The van der Waals surface area contributed by atoms with E-state index < -0.39 is 11.9 Å². The Morgan fingerprint density at radius 3 is 2.67 bits per heavy atom. The van der Waals surface area contributed by atoms with Crippen LogP contribution in [0.2, 0.25) is 0 Å². The molecule has 3 rings (SSSR count). The van der Waals surface area contributed by atoms with Crippen molar-refractivity contribution in [2.45, 2.75) is 39.7 Å². The molecule has 30 heavy (non-hydrogen) atoms. The van der Waals surface area contributed by atoms with Crippen LogP contribution in [0.4, 0.5) is 10.5 Å². The Kier molecular flexibility index (Phi) is 6.18. The molecule has 0 aromatic carbocycles. The monoisotopic (exact) mass is 434 g/mol. The molecule has 6 N–H and O–H groups in total. The summed E-state index contributed by atoms with van der Waals surface area (Å²) < 4.78 is 12.1. The van der Waals surface area contributed by atoms with Gasteiger partial charge < -0.3 is 31.3 Å². The largest absolute Gasteiger partial charge is 0.447 e. The highest BCUT2D eigenvalue weighted by Crippen LogP contribution is 2.43. The quantitative estimate of drug-likeness (QED) is 0.494. The molecule has 0 aliphatic heterocycles. The van der Waals surface area contributed by atoms with E-state index in [1.165, 1.54) is 11.3 Å². The van der Waals surface area contributed by atoms with Gasteiger partial charge in [-0.3, -0.25) is 9.59 Å². The standard InChI is InChI=1S/C20H26N4O5S/c1-20(2,3)9-13(25)23-6-7-28-10-4-5-11-12(8-10)30-17-14(24-19(22)27)16(18(21)26)29-15(11)17/h4-5,10H,6-9H2,1-3H3,(H2,21,26)(H,23,25)(H3,22,24,27). The van der Waals surface area contributed by atoms with Gasteiger partial charge in [0.15, 0.2) is 5.58 Å². The number of rotatable bonds is 7. The van der Waals surface area contributed by atoms with Crippen molar-refractivity contribution in [1.29, 1.82) is 0 Å². The molecule has 0 saturated heterocycles. The lowest BCUT2D eigenvalue weighted by atomic mass is 9.92. The number of urea groups is 1. The van der Waals surface area contributed by atoms with E-state index in [-0.39, 0.29) is 28.9 Å². The summed E-state index contributed by atoms with van der Waals surface area (Å²) in [6.45, 7) is 6.88. The number of hydrogen-bond acceptors (Lipinski definition) is 6. The van der Waals surface area contributed by atoms with Crippen LogP contribution < -0.4 is 22.1 Å². The van der Waals surface area contributed by atoms with Crippen LogP contribution in [0.3, 0.4) is 0 Å². The maximum atomic E-state index is 11.9. The Morgan fingerprint density at radius 1 is 1.30 bits per heavy atom. The van der Waals surface area contributed by atoms with Crippen molar-refractivity contribution >= 4 is 51.2 Å². The zero-order valence-electron chi connectivity index (χ0n) is 17.2. The molecule has 2 heterocycles. The van der Waals surface area contributed by atoms with Crippen molar-refractivity contribution in [3.8, 4) is 0 Å². The number of nitrogens with two attached hydrogens (primary N) is 2. The Balaban J connectivity index is 1.64. The summed E-state index contributed by atoms with van der Waals surface area (Å²) in [5.74, 6) is -0.910. The molecule has 0 spiro atoms. The summed E-state index contributed by atoms with van der Waals surface area (Å²) in [6.07, 6.45) is 4.69. The lowest BCUT2D eigenvalue weighted by Gasteiger charge is -2.19. The first kappa shape index (κ1) is 21.8. The highest BCUT2D eigenvalue weighted by molar-refractivity contribution is 7.20. The van der Waals surface area contributed by atoms with E-state index in [1.54, 1.807) is 0 Å². The van der Waals surface area contributed by atoms with Gasteiger partial charge in [-0.2, -0.15) is 0 Å². The molecule has 1 unspecified atom stereocenters. The van der Waals surface area contributed by atoms with Crippen LogP contribution in [0.1, 0.15) is 48.2 Å². The number of carbonyl (C=O) groups is 3. The number of primary amides is 2. The third-order valence-electron chi connectivity index (χ3n) is 4.42. The Bertz CT molecular complexity index is 1010. The van der Waals surface area contributed by atoms with Crippen LogP contribution in [-0.4, -0.2) is 37.1 Å². The number of hydrogen-bond donors (Lipinski definition) is 4.